The van der Waals surface area contributed by atoms with E-state index < -0.39 is 0 Å². The largest absolute Gasteiger partial charge is 0.312 e. The maximum atomic E-state index is 5.98. The van der Waals surface area contributed by atoms with E-state index in [0.29, 0.717) is 10.0 Å². The molecule has 1 N–H and O–H groups in total. The Balaban J connectivity index is 1.74. The Morgan fingerprint density at radius 2 is 1.67 bits per heavy atom. The quantitative estimate of drug-likeness (QED) is 0.829. The third kappa shape index (κ3) is 4.46. The molecule has 3 heteroatoms. The summed E-state index contributed by atoms with van der Waals surface area (Å²) in [6.07, 6.45) is 5.50. The van der Waals surface area contributed by atoms with Gasteiger partial charge in [-0.1, -0.05) is 43.0 Å². The van der Waals surface area contributed by atoms with Crippen molar-refractivity contribution >= 4 is 23.2 Å². The molecule has 100 valence electrons. The Labute approximate surface area is 120 Å². The average Bonchev–Trinajstić information content (AvgIpc) is 2.30. The van der Waals surface area contributed by atoms with Crippen molar-refractivity contribution in [1.82, 2.24) is 5.32 Å². The predicted molar refractivity (Wildman–Crippen MR) is 79.3 cm³/mol. The number of benzene rings is 1. The molecule has 0 aromatic heterocycles. The van der Waals surface area contributed by atoms with Crippen molar-refractivity contribution in [3.63, 3.8) is 0 Å². The lowest BCUT2D eigenvalue weighted by Crippen LogP contribution is -2.25. The van der Waals surface area contributed by atoms with Gasteiger partial charge in [0.15, 0.2) is 0 Å². The first kappa shape index (κ1) is 14.2. The van der Waals surface area contributed by atoms with E-state index >= 15 is 0 Å². The summed E-state index contributed by atoms with van der Waals surface area (Å²) in [7, 11) is 0. The van der Waals surface area contributed by atoms with E-state index in [-0.39, 0.29) is 0 Å². The van der Waals surface area contributed by atoms with Crippen LogP contribution >= 0.6 is 23.2 Å². The summed E-state index contributed by atoms with van der Waals surface area (Å²) < 4.78 is 0. The summed E-state index contributed by atoms with van der Waals surface area (Å²) >= 11 is 12.0. The van der Waals surface area contributed by atoms with E-state index in [0.717, 1.165) is 30.5 Å². The van der Waals surface area contributed by atoms with Crippen molar-refractivity contribution in [3.8, 4) is 0 Å². The molecule has 1 fully saturated rings. The third-order valence-electron chi connectivity index (χ3n) is 3.82. The highest BCUT2D eigenvalue weighted by molar-refractivity contribution is 6.34. The minimum atomic E-state index is 0.714. The summed E-state index contributed by atoms with van der Waals surface area (Å²) in [5, 5.41) is 4.95. The second-order valence-corrected chi connectivity index (χ2v) is 6.41. The van der Waals surface area contributed by atoms with Gasteiger partial charge in [-0.3, -0.25) is 0 Å². The summed E-state index contributed by atoms with van der Waals surface area (Å²) in [5.41, 5.74) is 1.16. The normalized spacial score (nSPS) is 24.2. The topological polar surface area (TPSA) is 12.0 Å². The lowest BCUT2D eigenvalue weighted by atomic mass is 9.83. The van der Waals surface area contributed by atoms with Crippen LogP contribution in [-0.2, 0) is 6.54 Å². The van der Waals surface area contributed by atoms with Crippen LogP contribution < -0.4 is 5.32 Å². The van der Waals surface area contributed by atoms with E-state index in [1.165, 1.54) is 25.7 Å². The number of hydrogen-bond acceptors (Lipinski definition) is 1. The van der Waals surface area contributed by atoms with Gasteiger partial charge in [0.25, 0.3) is 0 Å². The summed E-state index contributed by atoms with van der Waals surface area (Å²) in [6.45, 7) is 4.32. The molecule has 0 bridgehead atoms. The Hall–Kier alpha value is -0.240. The molecule has 1 aliphatic rings. The van der Waals surface area contributed by atoms with E-state index in [9.17, 15) is 0 Å². The van der Waals surface area contributed by atoms with E-state index in [1.54, 1.807) is 6.07 Å². The zero-order valence-electron chi connectivity index (χ0n) is 10.9. The van der Waals surface area contributed by atoms with Crippen molar-refractivity contribution in [2.75, 3.05) is 6.54 Å². The van der Waals surface area contributed by atoms with Crippen LogP contribution in [0.3, 0.4) is 0 Å². The predicted octanol–water partition coefficient (Wildman–Crippen LogP) is 4.91. The van der Waals surface area contributed by atoms with Gasteiger partial charge in [-0.05, 0) is 55.0 Å². The van der Waals surface area contributed by atoms with Crippen molar-refractivity contribution in [1.29, 1.82) is 0 Å². The second kappa shape index (κ2) is 6.79. The SMILES string of the molecule is CC1CCC(CNCc2cc(Cl)cc(Cl)c2)CC1. The van der Waals surface area contributed by atoms with Crippen LogP contribution in [-0.4, -0.2) is 6.54 Å². The van der Waals surface area contributed by atoms with Gasteiger partial charge in [0.1, 0.15) is 0 Å². The maximum absolute atomic E-state index is 5.98. The Bertz CT molecular complexity index is 364. The summed E-state index contributed by atoms with van der Waals surface area (Å²) in [5.74, 6) is 1.77. The Morgan fingerprint density at radius 1 is 1.06 bits per heavy atom. The average molecular weight is 286 g/mol. The lowest BCUT2D eigenvalue weighted by Gasteiger charge is -2.26. The molecule has 1 aliphatic carbocycles. The van der Waals surface area contributed by atoms with Crippen molar-refractivity contribution < 1.29 is 0 Å². The maximum Gasteiger partial charge on any atom is 0.0424 e. The molecule has 0 spiro atoms. The zero-order valence-corrected chi connectivity index (χ0v) is 12.4. The minimum absolute atomic E-state index is 0.714. The van der Waals surface area contributed by atoms with Crippen molar-refractivity contribution in [2.24, 2.45) is 11.8 Å². The highest BCUT2D eigenvalue weighted by Crippen LogP contribution is 2.27. The molecule has 1 aromatic rings. The van der Waals surface area contributed by atoms with Crippen LogP contribution in [0.2, 0.25) is 10.0 Å². The molecule has 0 aliphatic heterocycles. The standard InChI is InChI=1S/C15H21Cl2N/c1-11-2-4-12(5-3-11)9-18-10-13-6-14(16)8-15(17)7-13/h6-8,11-12,18H,2-5,9-10H2,1H3. The van der Waals surface area contributed by atoms with E-state index in [2.05, 4.69) is 12.2 Å². The Kier molecular flexibility index (Phi) is 5.35. The number of hydrogen-bond donors (Lipinski definition) is 1. The molecule has 0 unspecified atom stereocenters. The molecule has 1 nitrogen and oxygen atoms in total. The van der Waals surface area contributed by atoms with E-state index in [4.69, 9.17) is 23.2 Å². The van der Waals surface area contributed by atoms with Gasteiger partial charge in [0.2, 0.25) is 0 Å². The van der Waals surface area contributed by atoms with Crippen LogP contribution in [0.15, 0.2) is 18.2 Å². The Morgan fingerprint density at radius 3 is 2.28 bits per heavy atom. The molecule has 0 heterocycles. The summed E-state index contributed by atoms with van der Waals surface area (Å²) in [4.78, 5) is 0. The molecule has 1 aromatic carbocycles. The first-order valence-corrected chi connectivity index (χ1v) is 7.55. The molecule has 0 radical (unpaired) electrons. The zero-order chi connectivity index (χ0) is 13.0. The van der Waals surface area contributed by atoms with Crippen LogP contribution in [0, 0.1) is 11.8 Å². The fourth-order valence-corrected chi connectivity index (χ4v) is 3.24. The fourth-order valence-electron chi connectivity index (χ4n) is 2.67. The molecular weight excluding hydrogens is 265 g/mol. The molecular formula is C15H21Cl2N. The number of nitrogens with one attached hydrogen (secondary N) is 1. The fraction of sp³-hybridized carbons (Fsp3) is 0.600. The monoisotopic (exact) mass is 285 g/mol. The summed E-state index contributed by atoms with van der Waals surface area (Å²) in [6, 6.07) is 5.72. The molecule has 0 saturated heterocycles. The van der Waals surface area contributed by atoms with Crippen LogP contribution in [0.4, 0.5) is 0 Å². The number of rotatable bonds is 4. The van der Waals surface area contributed by atoms with Gasteiger partial charge in [-0.15, -0.1) is 0 Å². The minimum Gasteiger partial charge on any atom is -0.312 e. The van der Waals surface area contributed by atoms with Gasteiger partial charge < -0.3 is 5.32 Å². The smallest absolute Gasteiger partial charge is 0.0424 e. The molecule has 0 amide bonds. The van der Waals surface area contributed by atoms with Gasteiger partial charge >= 0.3 is 0 Å². The lowest BCUT2D eigenvalue weighted by molar-refractivity contribution is 0.281. The first-order chi connectivity index (χ1) is 8.63. The van der Waals surface area contributed by atoms with Crippen LogP contribution in [0.25, 0.3) is 0 Å². The van der Waals surface area contributed by atoms with Gasteiger partial charge in [0.05, 0.1) is 0 Å². The van der Waals surface area contributed by atoms with Gasteiger partial charge in [-0.2, -0.15) is 0 Å². The van der Waals surface area contributed by atoms with Crippen molar-refractivity contribution in [3.05, 3.63) is 33.8 Å². The van der Waals surface area contributed by atoms with Crippen LogP contribution in [0.5, 0.6) is 0 Å². The third-order valence-corrected chi connectivity index (χ3v) is 4.26. The molecule has 0 atom stereocenters. The second-order valence-electron chi connectivity index (χ2n) is 5.53. The molecule has 1 saturated carbocycles. The van der Waals surface area contributed by atoms with Gasteiger partial charge in [0, 0.05) is 16.6 Å². The molecule has 18 heavy (non-hydrogen) atoms. The van der Waals surface area contributed by atoms with E-state index in [1.807, 2.05) is 12.1 Å². The van der Waals surface area contributed by atoms with Crippen LogP contribution in [0.1, 0.15) is 38.2 Å². The highest BCUT2D eigenvalue weighted by atomic mass is 35.5. The van der Waals surface area contributed by atoms with Gasteiger partial charge in [-0.25, -0.2) is 0 Å². The number of halogens is 2. The van der Waals surface area contributed by atoms with Crippen molar-refractivity contribution in [2.45, 2.75) is 39.2 Å². The first-order valence-electron chi connectivity index (χ1n) is 6.79. The molecule has 2 rings (SSSR count). The highest BCUT2D eigenvalue weighted by Gasteiger charge is 2.17.